The number of aromatic nitrogens is 7. The fraction of sp³-hybridized carbons (Fsp3) is 0.111. The maximum atomic E-state index is 10.9. The average Bonchev–Trinajstić information content (AvgIpc) is 3.06. The van der Waals surface area contributed by atoms with E-state index in [2.05, 4.69) is 30.7 Å². The maximum absolute atomic E-state index is 10.9. The summed E-state index contributed by atoms with van der Waals surface area (Å²) >= 11 is 0. The van der Waals surface area contributed by atoms with Gasteiger partial charge in [0.15, 0.2) is 5.65 Å². The fourth-order valence-electron chi connectivity index (χ4n) is 1.54. The number of nitrogens with zero attached hydrogens (tertiary/aromatic N) is 7. The minimum atomic E-state index is -1.15. The third-order valence-electron chi connectivity index (χ3n) is 2.52. The Hall–Kier alpha value is -3.04. The zero-order valence-electron chi connectivity index (χ0n) is 9.72. The molecule has 0 saturated heterocycles. The van der Waals surface area contributed by atoms with Crippen molar-refractivity contribution in [3.05, 3.63) is 18.3 Å². The predicted octanol–water partition coefficient (Wildman–Crippen LogP) is 0.0236. The Kier molecular flexibility index (Phi) is 2.34. The van der Waals surface area contributed by atoms with Crippen LogP contribution >= 0.6 is 0 Å². The van der Waals surface area contributed by atoms with Gasteiger partial charge >= 0.3 is 6.09 Å². The van der Waals surface area contributed by atoms with E-state index in [1.165, 1.54) is 17.8 Å². The highest BCUT2D eigenvalue weighted by Gasteiger charge is 2.17. The molecule has 0 fully saturated rings. The van der Waals surface area contributed by atoms with Crippen molar-refractivity contribution >= 4 is 17.7 Å². The largest absolute Gasteiger partial charge is 0.465 e. The smallest absolute Gasteiger partial charge is 0.414 e. The van der Waals surface area contributed by atoms with Crippen LogP contribution in [0.1, 0.15) is 0 Å². The van der Waals surface area contributed by atoms with Gasteiger partial charge in [0.05, 0.1) is 6.20 Å². The molecule has 3 aromatic heterocycles. The number of aromatic amines is 1. The Balaban J connectivity index is 2.16. The molecular weight excluding hydrogens is 252 g/mol. The van der Waals surface area contributed by atoms with Gasteiger partial charge < -0.3 is 5.11 Å². The van der Waals surface area contributed by atoms with Crippen molar-refractivity contribution in [1.29, 1.82) is 0 Å². The number of amides is 1. The normalized spacial score (nSPS) is 10.8. The lowest BCUT2D eigenvalue weighted by Crippen LogP contribution is -2.26. The van der Waals surface area contributed by atoms with E-state index < -0.39 is 6.09 Å². The minimum Gasteiger partial charge on any atom is -0.465 e. The van der Waals surface area contributed by atoms with E-state index in [1.54, 1.807) is 12.1 Å². The molecule has 2 N–H and O–H groups in total. The van der Waals surface area contributed by atoms with Crippen LogP contribution in [0, 0.1) is 0 Å². The monoisotopic (exact) mass is 260 g/mol. The van der Waals surface area contributed by atoms with Gasteiger partial charge in [-0.2, -0.15) is 9.61 Å². The Morgan fingerprint density at radius 2 is 2.26 bits per heavy atom. The van der Waals surface area contributed by atoms with Crippen LogP contribution in [0.25, 0.3) is 17.0 Å². The van der Waals surface area contributed by atoms with Gasteiger partial charge in [0.2, 0.25) is 0 Å². The van der Waals surface area contributed by atoms with Crippen molar-refractivity contribution in [3.8, 4) is 11.4 Å². The summed E-state index contributed by atoms with van der Waals surface area (Å²) in [5, 5.41) is 30.8. The van der Waals surface area contributed by atoms with Crippen LogP contribution in [-0.2, 0) is 0 Å². The molecule has 3 aromatic rings. The van der Waals surface area contributed by atoms with Crippen molar-refractivity contribution in [1.82, 2.24) is 35.2 Å². The molecule has 10 nitrogen and oxygen atoms in total. The summed E-state index contributed by atoms with van der Waals surface area (Å²) in [5.74, 6) is 0.108. The Labute approximate surface area is 105 Å². The standard InChI is InChI=1S/C9H8N8O2/c1-16(9(18)19)8-13-12-7-3-2-5(14-17(7)8)6-4-10-15-11-6/h2-4H,1H3,(H,18,19)(H,10,11,15). The number of hydrogen-bond donors (Lipinski definition) is 2. The number of fused-ring (bicyclic) bond motifs is 1. The van der Waals surface area contributed by atoms with Crippen molar-refractivity contribution in [3.63, 3.8) is 0 Å². The fourth-order valence-corrected chi connectivity index (χ4v) is 1.54. The third-order valence-corrected chi connectivity index (χ3v) is 2.52. The summed E-state index contributed by atoms with van der Waals surface area (Å²) in [6.45, 7) is 0. The number of hydrogen-bond acceptors (Lipinski definition) is 6. The molecule has 0 unspecified atom stereocenters. The van der Waals surface area contributed by atoms with E-state index in [9.17, 15) is 4.79 Å². The summed E-state index contributed by atoms with van der Waals surface area (Å²) in [6, 6.07) is 3.39. The molecule has 96 valence electrons. The van der Waals surface area contributed by atoms with Gasteiger partial charge in [0.25, 0.3) is 5.95 Å². The second-order valence-corrected chi connectivity index (χ2v) is 3.70. The average molecular weight is 260 g/mol. The number of rotatable bonds is 2. The van der Waals surface area contributed by atoms with Gasteiger partial charge in [-0.15, -0.1) is 15.3 Å². The first-order valence-electron chi connectivity index (χ1n) is 5.22. The second-order valence-electron chi connectivity index (χ2n) is 3.70. The van der Waals surface area contributed by atoms with Crippen LogP contribution in [-0.4, -0.2) is 53.5 Å². The van der Waals surface area contributed by atoms with Crippen LogP contribution in [0.3, 0.4) is 0 Å². The van der Waals surface area contributed by atoms with E-state index in [1.807, 2.05) is 0 Å². The van der Waals surface area contributed by atoms with Crippen LogP contribution < -0.4 is 4.90 Å². The second kappa shape index (κ2) is 4.01. The molecule has 0 bridgehead atoms. The zero-order chi connectivity index (χ0) is 13.4. The van der Waals surface area contributed by atoms with Gasteiger partial charge in [0, 0.05) is 7.05 Å². The van der Waals surface area contributed by atoms with Crippen LogP contribution in [0.15, 0.2) is 18.3 Å². The minimum absolute atomic E-state index is 0.108. The highest BCUT2D eigenvalue weighted by atomic mass is 16.4. The van der Waals surface area contributed by atoms with E-state index in [-0.39, 0.29) is 5.95 Å². The molecule has 0 spiro atoms. The summed E-state index contributed by atoms with van der Waals surface area (Å²) in [7, 11) is 1.37. The lowest BCUT2D eigenvalue weighted by Gasteiger charge is -2.09. The highest BCUT2D eigenvalue weighted by molar-refractivity contribution is 5.83. The molecule has 10 heteroatoms. The van der Waals surface area contributed by atoms with Crippen LogP contribution in [0.4, 0.5) is 10.7 Å². The van der Waals surface area contributed by atoms with Crippen LogP contribution in [0.2, 0.25) is 0 Å². The number of anilines is 1. The predicted molar refractivity (Wildman–Crippen MR) is 62.6 cm³/mol. The molecule has 1 amide bonds. The van der Waals surface area contributed by atoms with Crippen molar-refractivity contribution in [2.24, 2.45) is 0 Å². The van der Waals surface area contributed by atoms with Gasteiger partial charge in [-0.05, 0) is 12.1 Å². The zero-order valence-corrected chi connectivity index (χ0v) is 9.72. The molecule has 0 saturated carbocycles. The molecule has 0 aliphatic rings. The molecule has 19 heavy (non-hydrogen) atoms. The Bertz CT molecular complexity index is 734. The molecule has 3 heterocycles. The first-order valence-corrected chi connectivity index (χ1v) is 5.22. The number of nitrogens with one attached hydrogen (secondary N) is 1. The van der Waals surface area contributed by atoms with E-state index in [0.717, 1.165) is 4.90 Å². The van der Waals surface area contributed by atoms with Crippen molar-refractivity contribution in [2.45, 2.75) is 0 Å². The highest BCUT2D eigenvalue weighted by Crippen LogP contribution is 2.16. The maximum Gasteiger partial charge on any atom is 0.414 e. The van der Waals surface area contributed by atoms with Gasteiger partial charge in [-0.1, -0.05) is 5.21 Å². The molecular formula is C9H8N8O2. The van der Waals surface area contributed by atoms with Gasteiger partial charge in [-0.3, -0.25) is 5.10 Å². The number of carbonyl (C=O) groups is 1. The summed E-state index contributed by atoms with van der Waals surface area (Å²) < 4.78 is 1.34. The first-order chi connectivity index (χ1) is 9.16. The number of carboxylic acid groups (broad SMARTS) is 1. The van der Waals surface area contributed by atoms with Crippen molar-refractivity contribution < 1.29 is 9.90 Å². The summed E-state index contributed by atoms with van der Waals surface area (Å²) in [6.07, 6.45) is 0.365. The third kappa shape index (κ3) is 1.74. The molecule has 0 atom stereocenters. The topological polar surface area (TPSA) is 125 Å². The van der Waals surface area contributed by atoms with E-state index in [0.29, 0.717) is 17.0 Å². The van der Waals surface area contributed by atoms with Gasteiger partial charge in [0.1, 0.15) is 11.4 Å². The van der Waals surface area contributed by atoms with Crippen LogP contribution in [0.5, 0.6) is 0 Å². The SMILES string of the molecule is CN(C(=O)O)c1nnc2ccc(-c3cnn[nH]3)nn12. The Morgan fingerprint density at radius 3 is 2.95 bits per heavy atom. The number of H-pyrrole nitrogens is 1. The quantitative estimate of drug-likeness (QED) is 0.665. The Morgan fingerprint density at radius 1 is 1.42 bits per heavy atom. The molecule has 0 radical (unpaired) electrons. The van der Waals surface area contributed by atoms with Gasteiger partial charge in [-0.25, -0.2) is 9.69 Å². The van der Waals surface area contributed by atoms with Crippen molar-refractivity contribution in [2.75, 3.05) is 11.9 Å². The lowest BCUT2D eigenvalue weighted by molar-refractivity contribution is 0.203. The molecule has 0 aromatic carbocycles. The molecule has 3 rings (SSSR count). The first kappa shape index (κ1) is 11.1. The molecule has 0 aliphatic carbocycles. The summed E-state index contributed by atoms with van der Waals surface area (Å²) in [4.78, 5) is 11.9. The lowest BCUT2D eigenvalue weighted by atomic mass is 10.3. The molecule has 0 aliphatic heterocycles. The summed E-state index contributed by atoms with van der Waals surface area (Å²) in [5.41, 5.74) is 1.61. The van der Waals surface area contributed by atoms with E-state index >= 15 is 0 Å². The van der Waals surface area contributed by atoms with E-state index in [4.69, 9.17) is 5.11 Å².